The van der Waals surface area contributed by atoms with Crippen LogP contribution in [-0.4, -0.2) is 9.97 Å². The van der Waals surface area contributed by atoms with Crippen molar-refractivity contribution in [1.29, 1.82) is 0 Å². The molecule has 2 aromatic rings. The molecule has 0 aliphatic rings. The van der Waals surface area contributed by atoms with Gasteiger partial charge in [0.2, 0.25) is 5.95 Å². The fraction of sp³-hybridized carbons (Fsp3) is 0.308. The molecule has 0 saturated heterocycles. The zero-order chi connectivity index (χ0) is 11.5. The number of aromatic amines is 1. The summed E-state index contributed by atoms with van der Waals surface area (Å²) in [5, 5.41) is 3.25. The topological polar surface area (TPSA) is 40.7 Å². The zero-order valence-electron chi connectivity index (χ0n) is 9.91. The zero-order valence-corrected chi connectivity index (χ0v) is 9.91. The summed E-state index contributed by atoms with van der Waals surface area (Å²) in [5.41, 5.74) is 3.45. The summed E-state index contributed by atoms with van der Waals surface area (Å²) >= 11 is 0. The van der Waals surface area contributed by atoms with Gasteiger partial charge in [0, 0.05) is 17.6 Å². The van der Waals surface area contributed by atoms with Crippen molar-refractivity contribution in [1.82, 2.24) is 9.97 Å². The maximum atomic E-state index is 4.22. The third kappa shape index (κ3) is 2.42. The van der Waals surface area contributed by atoms with Gasteiger partial charge in [-0.3, -0.25) is 0 Å². The molecule has 0 amide bonds. The van der Waals surface area contributed by atoms with Gasteiger partial charge in [-0.1, -0.05) is 26.0 Å². The van der Waals surface area contributed by atoms with E-state index in [9.17, 15) is 0 Å². The van der Waals surface area contributed by atoms with Crippen LogP contribution in [-0.2, 0) is 0 Å². The van der Waals surface area contributed by atoms with E-state index in [2.05, 4.69) is 47.3 Å². The highest BCUT2D eigenvalue weighted by atomic mass is 15.1. The summed E-state index contributed by atoms with van der Waals surface area (Å²) in [6, 6.07) is 8.41. The van der Waals surface area contributed by atoms with E-state index < -0.39 is 0 Å². The van der Waals surface area contributed by atoms with Crippen molar-refractivity contribution < 1.29 is 0 Å². The highest BCUT2D eigenvalue weighted by Crippen LogP contribution is 2.20. The molecule has 2 N–H and O–H groups in total. The Balaban J connectivity index is 2.18. The number of nitrogens with one attached hydrogen (secondary N) is 2. The van der Waals surface area contributed by atoms with Crippen LogP contribution in [0.25, 0.3) is 0 Å². The number of benzene rings is 1. The van der Waals surface area contributed by atoms with Gasteiger partial charge in [-0.2, -0.15) is 0 Å². The summed E-state index contributed by atoms with van der Waals surface area (Å²) in [6.45, 7) is 6.37. The van der Waals surface area contributed by atoms with Crippen molar-refractivity contribution in [3.05, 3.63) is 41.7 Å². The first-order valence-corrected chi connectivity index (χ1v) is 5.54. The van der Waals surface area contributed by atoms with E-state index in [0.29, 0.717) is 5.92 Å². The van der Waals surface area contributed by atoms with Crippen molar-refractivity contribution in [3.63, 3.8) is 0 Å². The molecule has 1 aromatic heterocycles. The maximum absolute atomic E-state index is 4.22. The number of hydrogen-bond acceptors (Lipinski definition) is 2. The lowest BCUT2D eigenvalue weighted by atomic mass is 10.0. The Bertz CT molecular complexity index is 472. The fourth-order valence-electron chi connectivity index (χ4n) is 1.59. The van der Waals surface area contributed by atoms with E-state index in [1.165, 1.54) is 5.56 Å². The maximum Gasteiger partial charge on any atom is 0.204 e. The first kappa shape index (κ1) is 10.7. The van der Waals surface area contributed by atoms with Gasteiger partial charge in [-0.05, 0) is 30.5 Å². The first-order chi connectivity index (χ1) is 7.65. The van der Waals surface area contributed by atoms with Crippen molar-refractivity contribution in [2.75, 3.05) is 5.32 Å². The second kappa shape index (κ2) is 4.39. The molecule has 84 valence electrons. The van der Waals surface area contributed by atoms with Gasteiger partial charge in [0.15, 0.2) is 0 Å². The van der Waals surface area contributed by atoms with E-state index in [1.807, 2.05) is 19.2 Å². The Kier molecular flexibility index (Phi) is 2.95. The Labute approximate surface area is 95.9 Å². The number of rotatable bonds is 3. The predicted molar refractivity (Wildman–Crippen MR) is 67.1 cm³/mol. The van der Waals surface area contributed by atoms with Gasteiger partial charge < -0.3 is 10.3 Å². The second-order valence-electron chi connectivity index (χ2n) is 4.32. The van der Waals surface area contributed by atoms with Crippen LogP contribution < -0.4 is 5.32 Å². The number of nitrogens with zero attached hydrogens (tertiary/aromatic N) is 1. The fourth-order valence-corrected chi connectivity index (χ4v) is 1.59. The average Bonchev–Trinajstić information content (AvgIpc) is 2.64. The number of aryl methyl sites for hydroxylation is 1. The molecule has 16 heavy (non-hydrogen) atoms. The largest absolute Gasteiger partial charge is 0.328 e. The lowest BCUT2D eigenvalue weighted by Gasteiger charge is -2.08. The average molecular weight is 215 g/mol. The molecule has 0 bridgehead atoms. The first-order valence-electron chi connectivity index (χ1n) is 5.54. The number of anilines is 2. The summed E-state index contributed by atoms with van der Waals surface area (Å²) in [7, 11) is 0. The lowest BCUT2D eigenvalue weighted by molar-refractivity contribution is 0.867. The summed E-state index contributed by atoms with van der Waals surface area (Å²) in [5.74, 6) is 1.33. The molecule has 3 heteroatoms. The molecule has 0 radical (unpaired) electrons. The Morgan fingerprint density at radius 1 is 1.31 bits per heavy atom. The van der Waals surface area contributed by atoms with Gasteiger partial charge in [-0.15, -0.1) is 0 Å². The highest BCUT2D eigenvalue weighted by molar-refractivity contribution is 5.54. The highest BCUT2D eigenvalue weighted by Gasteiger charge is 2.01. The lowest BCUT2D eigenvalue weighted by Crippen LogP contribution is -1.94. The molecule has 0 aliphatic heterocycles. The van der Waals surface area contributed by atoms with Gasteiger partial charge >= 0.3 is 0 Å². The smallest absolute Gasteiger partial charge is 0.204 e. The Morgan fingerprint density at radius 3 is 2.75 bits per heavy atom. The quantitative estimate of drug-likeness (QED) is 0.821. The number of hydrogen-bond donors (Lipinski definition) is 2. The van der Waals surface area contributed by atoms with E-state index in [4.69, 9.17) is 0 Å². The monoisotopic (exact) mass is 215 g/mol. The van der Waals surface area contributed by atoms with Crippen molar-refractivity contribution >= 4 is 11.6 Å². The molecular formula is C13H17N3. The molecule has 0 fully saturated rings. The standard InChI is InChI=1S/C13H17N3/c1-9(2)11-5-4-6-12(7-11)16-13-14-8-10(3)15-13/h4-9H,1-3H3,(H2,14,15,16). The van der Waals surface area contributed by atoms with Crippen LogP contribution in [0.2, 0.25) is 0 Å². The minimum Gasteiger partial charge on any atom is -0.328 e. The number of H-pyrrole nitrogens is 1. The van der Waals surface area contributed by atoms with E-state index in [-0.39, 0.29) is 0 Å². The molecule has 2 rings (SSSR count). The molecule has 1 aromatic carbocycles. The summed E-state index contributed by atoms with van der Waals surface area (Å²) < 4.78 is 0. The molecule has 0 atom stereocenters. The van der Waals surface area contributed by atoms with E-state index in [0.717, 1.165) is 17.3 Å². The van der Waals surface area contributed by atoms with E-state index in [1.54, 1.807) is 0 Å². The van der Waals surface area contributed by atoms with Crippen LogP contribution in [0.1, 0.15) is 31.0 Å². The van der Waals surface area contributed by atoms with Crippen LogP contribution in [0.15, 0.2) is 30.5 Å². The third-order valence-corrected chi connectivity index (χ3v) is 2.52. The van der Waals surface area contributed by atoms with E-state index >= 15 is 0 Å². The molecule has 1 heterocycles. The summed E-state index contributed by atoms with van der Waals surface area (Å²) in [6.07, 6.45) is 1.81. The Hall–Kier alpha value is -1.77. The summed E-state index contributed by atoms with van der Waals surface area (Å²) in [4.78, 5) is 7.37. The molecule has 0 saturated carbocycles. The van der Waals surface area contributed by atoms with Crippen LogP contribution in [0.3, 0.4) is 0 Å². The molecule has 0 aliphatic carbocycles. The third-order valence-electron chi connectivity index (χ3n) is 2.52. The van der Waals surface area contributed by atoms with Crippen molar-refractivity contribution in [2.45, 2.75) is 26.7 Å². The van der Waals surface area contributed by atoms with Gasteiger partial charge in [-0.25, -0.2) is 4.98 Å². The van der Waals surface area contributed by atoms with Crippen molar-refractivity contribution in [3.8, 4) is 0 Å². The van der Waals surface area contributed by atoms with Gasteiger partial charge in [0.25, 0.3) is 0 Å². The van der Waals surface area contributed by atoms with Crippen LogP contribution >= 0.6 is 0 Å². The minimum absolute atomic E-state index is 0.542. The SMILES string of the molecule is Cc1cnc(Nc2cccc(C(C)C)c2)[nH]1. The molecular weight excluding hydrogens is 198 g/mol. The normalized spacial score (nSPS) is 10.8. The molecule has 3 nitrogen and oxygen atoms in total. The van der Waals surface area contributed by atoms with Gasteiger partial charge in [0.05, 0.1) is 0 Å². The molecule has 0 unspecified atom stereocenters. The van der Waals surface area contributed by atoms with Crippen LogP contribution in [0, 0.1) is 6.92 Å². The van der Waals surface area contributed by atoms with Gasteiger partial charge in [0.1, 0.15) is 0 Å². The minimum atomic E-state index is 0.542. The second-order valence-corrected chi connectivity index (χ2v) is 4.32. The Morgan fingerprint density at radius 2 is 2.12 bits per heavy atom. The number of imidazole rings is 1. The number of aromatic nitrogens is 2. The van der Waals surface area contributed by atoms with Crippen LogP contribution in [0.4, 0.5) is 11.6 Å². The predicted octanol–water partition coefficient (Wildman–Crippen LogP) is 3.59. The van der Waals surface area contributed by atoms with Crippen LogP contribution in [0.5, 0.6) is 0 Å². The molecule has 0 spiro atoms. The van der Waals surface area contributed by atoms with Crippen molar-refractivity contribution in [2.24, 2.45) is 0 Å².